The molecule has 0 bridgehead atoms. The molecule has 0 atom stereocenters. The zero-order valence-corrected chi connectivity index (χ0v) is 9.58. The van der Waals surface area contributed by atoms with E-state index in [-0.39, 0.29) is 0 Å². The van der Waals surface area contributed by atoms with Crippen LogP contribution in [-0.4, -0.2) is 9.97 Å². The number of benzene rings is 1. The van der Waals surface area contributed by atoms with Gasteiger partial charge in [-0.25, -0.2) is 4.98 Å². The van der Waals surface area contributed by atoms with Crippen molar-refractivity contribution >= 4 is 16.6 Å². The summed E-state index contributed by atoms with van der Waals surface area (Å²) in [5, 5.41) is 1.08. The molecule has 88 valence electrons. The predicted octanol–water partition coefficient (Wildman–Crippen LogP) is 3.00. The zero-order chi connectivity index (χ0) is 12.4. The highest BCUT2D eigenvalue weighted by Gasteiger charge is 2.00. The van der Waals surface area contributed by atoms with Crippen LogP contribution < -0.4 is 10.5 Å². The molecule has 0 unspecified atom stereocenters. The van der Waals surface area contributed by atoms with Gasteiger partial charge in [0.05, 0.1) is 17.4 Å². The van der Waals surface area contributed by atoms with Gasteiger partial charge in [0.25, 0.3) is 0 Å². The SMILES string of the molecule is Nc1ccc(Oc2ccc3cccnc3c2)nc1. The minimum absolute atomic E-state index is 0.513. The predicted molar refractivity (Wildman–Crippen MR) is 70.5 cm³/mol. The Morgan fingerprint density at radius 1 is 1.00 bits per heavy atom. The summed E-state index contributed by atoms with van der Waals surface area (Å²) in [6.07, 6.45) is 3.32. The van der Waals surface area contributed by atoms with Crippen molar-refractivity contribution in [3.63, 3.8) is 0 Å². The highest BCUT2D eigenvalue weighted by Crippen LogP contribution is 2.23. The summed E-state index contributed by atoms with van der Waals surface area (Å²) in [6, 6.07) is 13.1. The molecule has 0 saturated carbocycles. The Labute approximate surface area is 104 Å². The van der Waals surface area contributed by atoms with Crippen LogP contribution in [0.4, 0.5) is 5.69 Å². The van der Waals surface area contributed by atoms with E-state index < -0.39 is 0 Å². The molecular weight excluding hydrogens is 226 g/mol. The van der Waals surface area contributed by atoms with Crippen molar-refractivity contribution in [3.8, 4) is 11.6 Å². The van der Waals surface area contributed by atoms with Crippen LogP contribution in [-0.2, 0) is 0 Å². The third kappa shape index (κ3) is 2.08. The fourth-order valence-corrected chi connectivity index (χ4v) is 1.68. The molecule has 3 aromatic rings. The summed E-state index contributed by atoms with van der Waals surface area (Å²) < 4.78 is 5.63. The first-order chi connectivity index (χ1) is 8.81. The van der Waals surface area contributed by atoms with Gasteiger partial charge in [0, 0.05) is 23.7 Å². The summed E-state index contributed by atoms with van der Waals surface area (Å²) in [5.74, 6) is 1.22. The van der Waals surface area contributed by atoms with Crippen LogP contribution >= 0.6 is 0 Å². The van der Waals surface area contributed by atoms with Crippen molar-refractivity contribution < 1.29 is 4.74 Å². The van der Waals surface area contributed by atoms with Gasteiger partial charge in [-0.15, -0.1) is 0 Å². The lowest BCUT2D eigenvalue weighted by atomic mass is 10.2. The van der Waals surface area contributed by atoms with Crippen molar-refractivity contribution in [3.05, 3.63) is 54.9 Å². The number of anilines is 1. The maximum atomic E-state index is 5.63. The lowest BCUT2D eigenvalue weighted by Crippen LogP contribution is -1.90. The Morgan fingerprint density at radius 2 is 1.94 bits per heavy atom. The molecule has 2 aromatic heterocycles. The van der Waals surface area contributed by atoms with Crippen molar-refractivity contribution in [2.75, 3.05) is 5.73 Å². The molecule has 4 heteroatoms. The van der Waals surface area contributed by atoms with Gasteiger partial charge in [0.15, 0.2) is 0 Å². The van der Waals surface area contributed by atoms with E-state index in [4.69, 9.17) is 10.5 Å². The number of nitrogen functional groups attached to an aromatic ring is 1. The van der Waals surface area contributed by atoms with Crippen molar-refractivity contribution in [1.82, 2.24) is 9.97 Å². The lowest BCUT2D eigenvalue weighted by Gasteiger charge is -2.05. The van der Waals surface area contributed by atoms with Gasteiger partial charge in [0.1, 0.15) is 5.75 Å². The Morgan fingerprint density at radius 3 is 2.78 bits per heavy atom. The number of rotatable bonds is 2. The zero-order valence-electron chi connectivity index (χ0n) is 9.58. The quantitative estimate of drug-likeness (QED) is 0.744. The molecule has 0 aliphatic carbocycles. The molecule has 0 saturated heterocycles. The average molecular weight is 237 g/mol. The molecule has 2 N–H and O–H groups in total. The second-order valence-electron chi connectivity index (χ2n) is 3.89. The van der Waals surface area contributed by atoms with Crippen LogP contribution in [0.1, 0.15) is 0 Å². The van der Waals surface area contributed by atoms with Crippen molar-refractivity contribution in [1.29, 1.82) is 0 Å². The molecule has 0 fully saturated rings. The van der Waals surface area contributed by atoms with Gasteiger partial charge in [-0.3, -0.25) is 4.98 Å². The van der Waals surface area contributed by atoms with Crippen LogP contribution in [0.25, 0.3) is 10.9 Å². The molecule has 0 aliphatic heterocycles. The first-order valence-electron chi connectivity index (χ1n) is 5.55. The first kappa shape index (κ1) is 10.5. The maximum Gasteiger partial charge on any atom is 0.219 e. The number of ether oxygens (including phenoxy) is 1. The fraction of sp³-hybridized carbons (Fsp3) is 0. The molecule has 1 aromatic carbocycles. The van der Waals surface area contributed by atoms with E-state index >= 15 is 0 Å². The average Bonchev–Trinajstić information content (AvgIpc) is 2.41. The number of hydrogen-bond acceptors (Lipinski definition) is 4. The number of aromatic nitrogens is 2. The van der Waals surface area contributed by atoms with Gasteiger partial charge in [-0.1, -0.05) is 6.07 Å². The highest BCUT2D eigenvalue weighted by molar-refractivity contribution is 5.79. The van der Waals surface area contributed by atoms with Gasteiger partial charge in [0.2, 0.25) is 5.88 Å². The molecule has 0 amide bonds. The maximum absolute atomic E-state index is 5.63. The Bertz CT molecular complexity index is 680. The Kier molecular flexibility index (Phi) is 2.53. The fourth-order valence-electron chi connectivity index (χ4n) is 1.68. The van der Waals surface area contributed by atoms with E-state index in [0.717, 1.165) is 10.9 Å². The van der Waals surface area contributed by atoms with Gasteiger partial charge in [-0.05, 0) is 24.3 Å². The molecule has 4 nitrogen and oxygen atoms in total. The molecule has 0 radical (unpaired) electrons. The third-order valence-electron chi connectivity index (χ3n) is 2.56. The normalized spacial score (nSPS) is 10.4. The summed E-state index contributed by atoms with van der Waals surface area (Å²) in [6.45, 7) is 0. The first-order valence-corrected chi connectivity index (χ1v) is 5.55. The smallest absolute Gasteiger partial charge is 0.219 e. The standard InChI is InChI=1S/C14H11N3O/c15-11-4-6-14(17-9-11)18-12-5-3-10-2-1-7-16-13(10)8-12/h1-9H,15H2. The van der Waals surface area contributed by atoms with Crippen LogP contribution in [0, 0.1) is 0 Å². The Hall–Kier alpha value is -2.62. The molecular formula is C14H11N3O. The van der Waals surface area contributed by atoms with E-state index in [0.29, 0.717) is 17.3 Å². The van der Waals surface area contributed by atoms with Crippen molar-refractivity contribution in [2.45, 2.75) is 0 Å². The van der Waals surface area contributed by atoms with Gasteiger partial charge >= 0.3 is 0 Å². The summed E-state index contributed by atoms with van der Waals surface area (Å²) >= 11 is 0. The van der Waals surface area contributed by atoms with Crippen molar-refractivity contribution in [2.24, 2.45) is 0 Å². The number of fused-ring (bicyclic) bond motifs is 1. The van der Waals surface area contributed by atoms with Gasteiger partial charge in [-0.2, -0.15) is 0 Å². The number of pyridine rings is 2. The minimum Gasteiger partial charge on any atom is -0.439 e. The van der Waals surface area contributed by atoms with Crippen LogP contribution in [0.2, 0.25) is 0 Å². The van der Waals surface area contributed by atoms with Crippen LogP contribution in [0.15, 0.2) is 54.9 Å². The van der Waals surface area contributed by atoms with E-state index in [2.05, 4.69) is 9.97 Å². The molecule has 2 heterocycles. The molecule has 18 heavy (non-hydrogen) atoms. The van der Waals surface area contributed by atoms with E-state index in [1.807, 2.05) is 30.3 Å². The second kappa shape index (κ2) is 4.33. The van der Waals surface area contributed by atoms with Crippen LogP contribution in [0.3, 0.4) is 0 Å². The van der Waals surface area contributed by atoms with E-state index in [1.165, 1.54) is 0 Å². The van der Waals surface area contributed by atoms with Gasteiger partial charge < -0.3 is 10.5 Å². The summed E-state index contributed by atoms with van der Waals surface area (Å²) in [5.41, 5.74) is 7.07. The van der Waals surface area contributed by atoms with Crippen LogP contribution in [0.5, 0.6) is 11.6 Å². The summed E-state index contributed by atoms with van der Waals surface area (Å²) in [4.78, 5) is 8.36. The highest BCUT2D eigenvalue weighted by atomic mass is 16.5. The third-order valence-corrected chi connectivity index (χ3v) is 2.56. The van der Waals surface area contributed by atoms with E-state index in [9.17, 15) is 0 Å². The topological polar surface area (TPSA) is 61.0 Å². The molecule has 0 aliphatic rings. The minimum atomic E-state index is 0.513. The monoisotopic (exact) mass is 237 g/mol. The molecule has 3 rings (SSSR count). The number of hydrogen-bond donors (Lipinski definition) is 1. The summed E-state index contributed by atoms with van der Waals surface area (Å²) in [7, 11) is 0. The number of nitrogens with two attached hydrogens (primary N) is 1. The van der Waals surface area contributed by atoms with E-state index in [1.54, 1.807) is 24.5 Å². The molecule has 0 spiro atoms. The Balaban J connectivity index is 1.92. The second-order valence-corrected chi connectivity index (χ2v) is 3.89. The number of nitrogens with zero attached hydrogens (tertiary/aromatic N) is 2. The lowest BCUT2D eigenvalue weighted by molar-refractivity contribution is 0.464. The largest absolute Gasteiger partial charge is 0.439 e.